The van der Waals surface area contributed by atoms with E-state index in [-0.39, 0.29) is 23.6 Å². The summed E-state index contributed by atoms with van der Waals surface area (Å²) in [5.41, 5.74) is 0.488. The van der Waals surface area contributed by atoms with Crippen molar-refractivity contribution in [2.75, 3.05) is 13.1 Å². The standard InChI is InChI=1S/C18H17FN4O4/c1-2-12-16(19)17(21-10-20-12)26-11-5-6-23(9-11)18(24)13-8-15(27-22-13)14-4-3-7-25-14/h3-4,7-8,10-11H,2,5-6,9H2,1H3/t11-/m1/s1. The Morgan fingerprint density at radius 3 is 3.07 bits per heavy atom. The number of ether oxygens (including phenoxy) is 1. The third kappa shape index (κ3) is 3.40. The second kappa shape index (κ2) is 7.18. The van der Waals surface area contributed by atoms with Gasteiger partial charge in [-0.3, -0.25) is 4.79 Å². The van der Waals surface area contributed by atoms with E-state index in [1.54, 1.807) is 24.0 Å². The first-order valence-electron chi connectivity index (χ1n) is 8.61. The lowest BCUT2D eigenvalue weighted by atomic mass is 10.3. The summed E-state index contributed by atoms with van der Waals surface area (Å²) in [5, 5.41) is 3.81. The Morgan fingerprint density at radius 2 is 2.30 bits per heavy atom. The van der Waals surface area contributed by atoms with Crippen molar-refractivity contribution < 1.29 is 22.9 Å². The van der Waals surface area contributed by atoms with Gasteiger partial charge in [-0.2, -0.15) is 9.37 Å². The molecule has 0 saturated carbocycles. The van der Waals surface area contributed by atoms with Crippen LogP contribution in [-0.4, -0.2) is 45.1 Å². The molecule has 0 radical (unpaired) electrons. The lowest BCUT2D eigenvalue weighted by Gasteiger charge is -2.16. The number of aromatic nitrogens is 3. The highest BCUT2D eigenvalue weighted by atomic mass is 19.1. The minimum absolute atomic E-state index is 0.0808. The molecule has 0 aromatic carbocycles. The van der Waals surface area contributed by atoms with E-state index in [4.69, 9.17) is 13.7 Å². The second-order valence-electron chi connectivity index (χ2n) is 6.13. The molecule has 4 rings (SSSR count). The molecule has 27 heavy (non-hydrogen) atoms. The maximum atomic E-state index is 14.2. The van der Waals surface area contributed by atoms with Crippen LogP contribution >= 0.6 is 0 Å². The van der Waals surface area contributed by atoms with Gasteiger partial charge < -0.3 is 18.6 Å². The number of carbonyl (C=O) groups is 1. The van der Waals surface area contributed by atoms with Crippen LogP contribution in [0.5, 0.6) is 5.88 Å². The largest absolute Gasteiger partial charge is 0.470 e. The summed E-state index contributed by atoms with van der Waals surface area (Å²) in [6, 6.07) is 4.97. The summed E-state index contributed by atoms with van der Waals surface area (Å²) >= 11 is 0. The van der Waals surface area contributed by atoms with Gasteiger partial charge in [-0.15, -0.1) is 0 Å². The molecule has 9 heteroatoms. The number of halogens is 1. The third-order valence-electron chi connectivity index (χ3n) is 4.37. The molecule has 4 heterocycles. The zero-order valence-electron chi connectivity index (χ0n) is 14.6. The van der Waals surface area contributed by atoms with E-state index < -0.39 is 5.82 Å². The van der Waals surface area contributed by atoms with Crippen molar-refractivity contribution in [1.29, 1.82) is 0 Å². The lowest BCUT2D eigenvalue weighted by molar-refractivity contribution is 0.0759. The Hall–Kier alpha value is -3.23. The van der Waals surface area contributed by atoms with Crippen molar-refractivity contribution in [2.45, 2.75) is 25.9 Å². The van der Waals surface area contributed by atoms with Crippen LogP contribution in [0.3, 0.4) is 0 Å². The number of furan rings is 1. The third-order valence-corrected chi connectivity index (χ3v) is 4.37. The first-order chi connectivity index (χ1) is 13.2. The zero-order valence-corrected chi connectivity index (χ0v) is 14.6. The van der Waals surface area contributed by atoms with Crippen molar-refractivity contribution in [3.8, 4) is 17.4 Å². The van der Waals surface area contributed by atoms with Crippen molar-refractivity contribution in [3.05, 3.63) is 48.0 Å². The fraction of sp³-hybridized carbons (Fsp3) is 0.333. The molecule has 1 saturated heterocycles. The van der Waals surface area contributed by atoms with Gasteiger partial charge in [-0.1, -0.05) is 12.1 Å². The second-order valence-corrected chi connectivity index (χ2v) is 6.13. The normalized spacial score (nSPS) is 16.7. The van der Waals surface area contributed by atoms with Crippen LogP contribution in [0.15, 0.2) is 39.7 Å². The van der Waals surface area contributed by atoms with Gasteiger partial charge in [0.2, 0.25) is 11.6 Å². The Bertz CT molecular complexity index is 941. The maximum absolute atomic E-state index is 14.2. The summed E-state index contributed by atoms with van der Waals surface area (Å²) < 4.78 is 30.3. The summed E-state index contributed by atoms with van der Waals surface area (Å²) in [4.78, 5) is 21.9. The fourth-order valence-corrected chi connectivity index (χ4v) is 2.96. The van der Waals surface area contributed by atoms with E-state index in [2.05, 4.69) is 15.1 Å². The molecule has 1 fully saturated rings. The van der Waals surface area contributed by atoms with E-state index >= 15 is 0 Å². The molecule has 0 N–H and O–H groups in total. The highest BCUT2D eigenvalue weighted by Crippen LogP contribution is 2.24. The molecule has 0 spiro atoms. The van der Waals surface area contributed by atoms with E-state index in [0.717, 1.165) is 0 Å². The van der Waals surface area contributed by atoms with Crippen LogP contribution in [0, 0.1) is 5.82 Å². The number of nitrogens with zero attached hydrogens (tertiary/aromatic N) is 4. The van der Waals surface area contributed by atoms with Crippen molar-refractivity contribution in [2.24, 2.45) is 0 Å². The molecule has 1 atom stereocenters. The number of hydrogen-bond acceptors (Lipinski definition) is 7. The van der Waals surface area contributed by atoms with Gasteiger partial charge in [0, 0.05) is 19.0 Å². The minimum Gasteiger partial charge on any atom is -0.470 e. The molecule has 0 bridgehead atoms. The average molecular weight is 372 g/mol. The molecule has 0 aliphatic carbocycles. The number of aryl methyl sites for hydroxylation is 1. The summed E-state index contributed by atoms with van der Waals surface area (Å²) in [5.74, 6) is -0.0345. The van der Waals surface area contributed by atoms with E-state index in [1.807, 2.05) is 0 Å². The van der Waals surface area contributed by atoms with Gasteiger partial charge in [0.05, 0.1) is 18.5 Å². The predicted octanol–water partition coefficient (Wildman–Crippen LogP) is 2.72. The first-order valence-corrected chi connectivity index (χ1v) is 8.61. The van der Waals surface area contributed by atoms with Crippen molar-refractivity contribution in [1.82, 2.24) is 20.0 Å². The van der Waals surface area contributed by atoms with Crippen LogP contribution in [-0.2, 0) is 6.42 Å². The topological polar surface area (TPSA) is 94.5 Å². The monoisotopic (exact) mass is 372 g/mol. The Kier molecular flexibility index (Phi) is 4.57. The van der Waals surface area contributed by atoms with Gasteiger partial charge in [0.25, 0.3) is 11.8 Å². The lowest BCUT2D eigenvalue weighted by Crippen LogP contribution is -2.31. The molecule has 140 valence electrons. The van der Waals surface area contributed by atoms with Crippen LogP contribution < -0.4 is 4.74 Å². The van der Waals surface area contributed by atoms with E-state index in [0.29, 0.717) is 43.1 Å². The van der Waals surface area contributed by atoms with Gasteiger partial charge in [0.1, 0.15) is 12.4 Å². The highest BCUT2D eigenvalue weighted by molar-refractivity contribution is 5.93. The first kappa shape index (κ1) is 17.2. The fourth-order valence-electron chi connectivity index (χ4n) is 2.96. The molecular weight excluding hydrogens is 355 g/mol. The smallest absolute Gasteiger partial charge is 0.276 e. The molecule has 3 aromatic heterocycles. The van der Waals surface area contributed by atoms with E-state index in [1.165, 1.54) is 18.7 Å². The number of carbonyl (C=O) groups excluding carboxylic acids is 1. The van der Waals surface area contributed by atoms with Crippen molar-refractivity contribution >= 4 is 5.91 Å². The van der Waals surface area contributed by atoms with Gasteiger partial charge in [-0.25, -0.2) is 4.98 Å². The molecule has 1 aliphatic heterocycles. The highest BCUT2D eigenvalue weighted by Gasteiger charge is 2.31. The van der Waals surface area contributed by atoms with Gasteiger partial charge in [0.15, 0.2) is 11.5 Å². The maximum Gasteiger partial charge on any atom is 0.276 e. The van der Waals surface area contributed by atoms with E-state index in [9.17, 15) is 9.18 Å². The Morgan fingerprint density at radius 1 is 1.41 bits per heavy atom. The van der Waals surface area contributed by atoms with Crippen molar-refractivity contribution in [3.63, 3.8) is 0 Å². The zero-order chi connectivity index (χ0) is 18.8. The average Bonchev–Trinajstić information content (AvgIpc) is 3.43. The minimum atomic E-state index is -0.552. The van der Waals surface area contributed by atoms with Crippen LogP contribution in [0.2, 0.25) is 0 Å². The number of amides is 1. The molecule has 1 aliphatic rings. The quantitative estimate of drug-likeness (QED) is 0.679. The van der Waals surface area contributed by atoms with Gasteiger partial charge in [-0.05, 0) is 18.6 Å². The Labute approximate surface area is 153 Å². The Balaban J connectivity index is 1.41. The molecule has 8 nitrogen and oxygen atoms in total. The van der Waals surface area contributed by atoms with Crippen LogP contribution in [0.1, 0.15) is 29.5 Å². The van der Waals surface area contributed by atoms with Crippen LogP contribution in [0.4, 0.5) is 4.39 Å². The summed E-state index contributed by atoms with van der Waals surface area (Å²) in [7, 11) is 0. The van der Waals surface area contributed by atoms with Gasteiger partial charge >= 0.3 is 0 Å². The molecule has 0 unspecified atom stereocenters. The predicted molar refractivity (Wildman–Crippen MR) is 90.5 cm³/mol. The number of hydrogen-bond donors (Lipinski definition) is 0. The van der Waals surface area contributed by atoms with Crippen LogP contribution in [0.25, 0.3) is 11.5 Å². The SMILES string of the molecule is CCc1ncnc(O[C@@H]2CCN(C(=O)c3cc(-c4ccco4)on3)C2)c1F. The summed E-state index contributed by atoms with van der Waals surface area (Å²) in [6.45, 7) is 2.59. The molecule has 3 aromatic rings. The summed E-state index contributed by atoms with van der Waals surface area (Å²) in [6.07, 6.45) is 3.46. The molecular formula is C18H17FN4O4. The molecule has 1 amide bonds. The number of rotatable bonds is 5. The number of likely N-dealkylation sites (tertiary alicyclic amines) is 1.